The van der Waals surface area contributed by atoms with Crippen LogP contribution in [0.25, 0.3) is 11.0 Å². The summed E-state index contributed by atoms with van der Waals surface area (Å²) in [5, 5.41) is 11.2. The molecule has 0 aliphatic rings. The van der Waals surface area contributed by atoms with Gasteiger partial charge in [0.2, 0.25) is 0 Å². The average molecular weight is 329 g/mol. The van der Waals surface area contributed by atoms with Crippen molar-refractivity contribution in [1.82, 2.24) is 0 Å². The molecule has 0 atom stereocenters. The molecule has 2 aromatic carbocycles. The van der Waals surface area contributed by atoms with Crippen LogP contribution in [0.1, 0.15) is 22.3 Å². The van der Waals surface area contributed by atoms with Gasteiger partial charge in [-0.2, -0.15) is 0 Å². The fourth-order valence-corrected chi connectivity index (χ4v) is 2.54. The van der Waals surface area contributed by atoms with Gasteiger partial charge in [0.25, 0.3) is 0 Å². The molecule has 1 aromatic heterocycles. The summed E-state index contributed by atoms with van der Waals surface area (Å²) in [6, 6.07) is 13.7. The Hall–Kier alpha value is -2.59. The number of carbonyl (C=O) groups excluding carboxylic acids is 1. The van der Waals surface area contributed by atoms with Gasteiger partial charge in [-0.25, -0.2) is 4.79 Å². The van der Waals surface area contributed by atoms with E-state index in [1.807, 2.05) is 12.1 Å². The van der Waals surface area contributed by atoms with E-state index >= 15 is 0 Å². The lowest BCUT2D eigenvalue weighted by Gasteiger charge is -2.06. The van der Waals surface area contributed by atoms with E-state index in [0.29, 0.717) is 16.8 Å². The van der Waals surface area contributed by atoms with E-state index in [-0.39, 0.29) is 23.3 Å². The Balaban J connectivity index is 1.89. The van der Waals surface area contributed by atoms with E-state index in [2.05, 4.69) is 0 Å². The van der Waals surface area contributed by atoms with Crippen molar-refractivity contribution in [3.63, 3.8) is 0 Å². The molecule has 116 valence electrons. The van der Waals surface area contributed by atoms with Crippen LogP contribution in [0.5, 0.6) is 5.75 Å². The van der Waals surface area contributed by atoms with Gasteiger partial charge in [0.05, 0.1) is 5.39 Å². The molecule has 0 radical (unpaired) electrons. The van der Waals surface area contributed by atoms with Crippen molar-refractivity contribution in [3.8, 4) is 5.75 Å². The number of benzene rings is 2. The van der Waals surface area contributed by atoms with Gasteiger partial charge >= 0.3 is 5.63 Å². The summed E-state index contributed by atoms with van der Waals surface area (Å²) in [6.45, 7) is 0. The van der Waals surface area contributed by atoms with Gasteiger partial charge in [-0.05, 0) is 36.2 Å². The van der Waals surface area contributed by atoms with Crippen LogP contribution >= 0.6 is 11.6 Å². The van der Waals surface area contributed by atoms with Crippen molar-refractivity contribution in [1.29, 1.82) is 0 Å². The van der Waals surface area contributed by atoms with Gasteiger partial charge in [-0.15, -0.1) is 0 Å². The fraction of sp³-hybridized carbons (Fsp3) is 0.111. The second-order valence-corrected chi connectivity index (χ2v) is 5.60. The fourth-order valence-electron chi connectivity index (χ4n) is 2.41. The maximum atomic E-state index is 12.3. The third-order valence-electron chi connectivity index (χ3n) is 3.62. The van der Waals surface area contributed by atoms with E-state index < -0.39 is 11.4 Å². The van der Waals surface area contributed by atoms with Gasteiger partial charge in [0.1, 0.15) is 16.9 Å². The number of para-hydroxylation sites is 1. The highest BCUT2D eigenvalue weighted by molar-refractivity contribution is 6.30. The molecule has 0 amide bonds. The Morgan fingerprint density at radius 3 is 2.52 bits per heavy atom. The molecule has 1 heterocycles. The number of rotatable bonds is 4. The molecule has 5 heteroatoms. The van der Waals surface area contributed by atoms with Gasteiger partial charge in [-0.3, -0.25) is 4.79 Å². The molecule has 23 heavy (non-hydrogen) atoms. The Morgan fingerprint density at radius 2 is 1.78 bits per heavy atom. The van der Waals surface area contributed by atoms with Crippen LogP contribution in [0.15, 0.2) is 57.7 Å². The second kappa shape index (κ2) is 6.26. The molecular weight excluding hydrogens is 316 g/mol. The first-order valence-corrected chi connectivity index (χ1v) is 7.46. The molecule has 4 nitrogen and oxygen atoms in total. The van der Waals surface area contributed by atoms with Crippen molar-refractivity contribution in [2.24, 2.45) is 0 Å². The van der Waals surface area contributed by atoms with Crippen LogP contribution in [0, 0.1) is 0 Å². The summed E-state index contributed by atoms with van der Waals surface area (Å²) < 4.78 is 5.11. The number of ketones is 1. The Bertz CT molecular complexity index is 926. The van der Waals surface area contributed by atoms with E-state index in [1.54, 1.807) is 36.4 Å². The molecule has 0 spiro atoms. The summed E-state index contributed by atoms with van der Waals surface area (Å²) in [7, 11) is 0. The number of aryl methyl sites for hydroxylation is 1. The Morgan fingerprint density at radius 1 is 1.09 bits per heavy atom. The quantitative estimate of drug-likeness (QED) is 0.581. The first kappa shape index (κ1) is 15.3. The maximum absolute atomic E-state index is 12.3. The molecule has 0 aliphatic heterocycles. The normalized spacial score (nSPS) is 10.8. The number of halogens is 1. The highest BCUT2D eigenvalue weighted by atomic mass is 35.5. The molecule has 0 saturated heterocycles. The summed E-state index contributed by atoms with van der Waals surface area (Å²) in [5.74, 6) is -0.769. The smallest absolute Gasteiger partial charge is 0.351 e. The minimum atomic E-state index is -0.817. The lowest BCUT2D eigenvalue weighted by molar-refractivity contribution is 0.0976. The lowest BCUT2D eigenvalue weighted by atomic mass is 10.0. The van der Waals surface area contributed by atoms with Crippen LogP contribution < -0.4 is 5.63 Å². The second-order valence-electron chi connectivity index (χ2n) is 5.16. The zero-order chi connectivity index (χ0) is 16.4. The minimum absolute atomic E-state index is 0.0955. The largest absolute Gasteiger partial charge is 0.506 e. The topological polar surface area (TPSA) is 67.5 Å². The SMILES string of the molecule is O=C(CCc1ccc(Cl)cc1)c1c(O)c2ccccc2oc1=O. The van der Waals surface area contributed by atoms with Crippen molar-refractivity contribution >= 4 is 28.4 Å². The summed E-state index contributed by atoms with van der Waals surface area (Å²) >= 11 is 5.81. The molecule has 0 unspecified atom stereocenters. The Kier molecular flexibility index (Phi) is 4.17. The van der Waals surface area contributed by atoms with Gasteiger partial charge in [0, 0.05) is 11.4 Å². The summed E-state index contributed by atoms with van der Waals surface area (Å²) in [6.07, 6.45) is 0.542. The highest BCUT2D eigenvalue weighted by Crippen LogP contribution is 2.27. The van der Waals surface area contributed by atoms with Crippen molar-refractivity contribution < 1.29 is 14.3 Å². The monoisotopic (exact) mass is 328 g/mol. The third-order valence-corrected chi connectivity index (χ3v) is 3.87. The van der Waals surface area contributed by atoms with E-state index in [0.717, 1.165) is 5.56 Å². The van der Waals surface area contributed by atoms with Crippen molar-refractivity contribution in [3.05, 3.63) is 75.1 Å². The maximum Gasteiger partial charge on any atom is 0.351 e. The van der Waals surface area contributed by atoms with Crippen molar-refractivity contribution in [2.45, 2.75) is 12.8 Å². The third kappa shape index (κ3) is 3.12. The number of aromatic hydroxyl groups is 1. The van der Waals surface area contributed by atoms with Gasteiger partial charge in [0.15, 0.2) is 5.78 Å². The number of hydrogen-bond donors (Lipinski definition) is 1. The lowest BCUT2D eigenvalue weighted by Crippen LogP contribution is -2.15. The van der Waals surface area contributed by atoms with Crippen LogP contribution in [-0.2, 0) is 6.42 Å². The van der Waals surface area contributed by atoms with Crippen LogP contribution in [0.3, 0.4) is 0 Å². The van der Waals surface area contributed by atoms with Crippen LogP contribution in [0.2, 0.25) is 5.02 Å². The van der Waals surface area contributed by atoms with Crippen LogP contribution in [0.4, 0.5) is 0 Å². The minimum Gasteiger partial charge on any atom is -0.506 e. The molecule has 3 aromatic rings. The molecule has 3 rings (SSSR count). The van der Waals surface area contributed by atoms with Crippen LogP contribution in [-0.4, -0.2) is 10.9 Å². The zero-order valence-electron chi connectivity index (χ0n) is 12.1. The predicted octanol–water partition coefficient (Wildman–Crippen LogP) is 3.97. The standard InChI is InChI=1S/C18H13ClO4/c19-12-8-5-11(6-9-12)7-10-14(20)16-17(21)13-3-1-2-4-15(13)23-18(16)22/h1-6,8-9,21H,7,10H2. The van der Waals surface area contributed by atoms with E-state index in [4.69, 9.17) is 16.0 Å². The molecule has 1 N–H and O–H groups in total. The molecular formula is C18H13ClO4. The molecule has 0 bridgehead atoms. The molecule has 0 aliphatic carbocycles. The predicted molar refractivity (Wildman–Crippen MR) is 88.3 cm³/mol. The number of Topliss-reactive ketones (excluding diaryl/α,β-unsaturated/α-hetero) is 1. The first-order chi connectivity index (χ1) is 11.1. The summed E-state index contributed by atoms with van der Waals surface area (Å²) in [5.41, 5.74) is 0.0663. The average Bonchev–Trinajstić information content (AvgIpc) is 2.54. The zero-order valence-corrected chi connectivity index (χ0v) is 12.8. The number of fused-ring (bicyclic) bond motifs is 1. The van der Waals surface area contributed by atoms with Gasteiger partial charge < -0.3 is 9.52 Å². The molecule has 0 saturated carbocycles. The van der Waals surface area contributed by atoms with E-state index in [1.165, 1.54) is 0 Å². The van der Waals surface area contributed by atoms with E-state index in [9.17, 15) is 14.7 Å². The first-order valence-electron chi connectivity index (χ1n) is 7.08. The molecule has 0 fully saturated rings. The number of hydrogen-bond acceptors (Lipinski definition) is 4. The van der Waals surface area contributed by atoms with Crippen molar-refractivity contribution in [2.75, 3.05) is 0 Å². The number of carbonyl (C=O) groups is 1. The Labute approximate surface area is 136 Å². The highest BCUT2D eigenvalue weighted by Gasteiger charge is 2.20. The van der Waals surface area contributed by atoms with Gasteiger partial charge in [-0.1, -0.05) is 35.9 Å². The summed E-state index contributed by atoms with van der Waals surface area (Å²) in [4.78, 5) is 24.3.